The van der Waals surface area contributed by atoms with E-state index in [1.807, 2.05) is 0 Å². The monoisotopic (exact) mass is 203 g/mol. The minimum Gasteiger partial charge on any atom is -0.314 e. The lowest BCUT2D eigenvalue weighted by molar-refractivity contribution is 0.530. The zero-order valence-electron chi connectivity index (χ0n) is 9.60. The van der Waals surface area contributed by atoms with Crippen molar-refractivity contribution in [1.29, 1.82) is 0 Å². The van der Waals surface area contributed by atoms with Crippen molar-refractivity contribution in [2.75, 3.05) is 12.3 Å². The van der Waals surface area contributed by atoms with Crippen LogP contribution in [0.25, 0.3) is 0 Å². The zero-order chi connectivity index (χ0) is 10.1. The molecule has 0 aliphatic heterocycles. The maximum Gasteiger partial charge on any atom is 0.00490 e. The first-order valence-corrected chi connectivity index (χ1v) is 6.60. The van der Waals surface area contributed by atoms with E-state index in [0.29, 0.717) is 6.04 Å². The molecule has 0 spiro atoms. The van der Waals surface area contributed by atoms with Crippen LogP contribution in [-0.2, 0) is 0 Å². The van der Waals surface area contributed by atoms with E-state index in [2.05, 4.69) is 44.8 Å². The third kappa shape index (κ3) is 8.63. The summed E-state index contributed by atoms with van der Waals surface area (Å²) in [7, 11) is 0. The minimum absolute atomic E-state index is 0.675. The second-order valence-corrected chi connectivity index (χ2v) is 5.28. The molecule has 2 unspecified atom stereocenters. The molecule has 0 radical (unpaired) electrons. The van der Waals surface area contributed by atoms with E-state index < -0.39 is 0 Å². The molecule has 80 valence electrons. The van der Waals surface area contributed by atoms with Gasteiger partial charge in [0.1, 0.15) is 0 Å². The fourth-order valence-corrected chi connectivity index (χ4v) is 2.71. The van der Waals surface area contributed by atoms with E-state index in [4.69, 9.17) is 0 Å². The summed E-state index contributed by atoms with van der Waals surface area (Å²) in [5.74, 6) is 1.33. The second kappa shape index (κ2) is 8.89. The summed E-state index contributed by atoms with van der Waals surface area (Å²) in [5.41, 5.74) is 0. The van der Waals surface area contributed by atoms with Gasteiger partial charge in [-0.05, 0) is 32.1 Å². The Bertz CT molecular complexity index is 106. The molecule has 0 rings (SSSR count). The molecule has 1 nitrogen and oxygen atoms in total. The van der Waals surface area contributed by atoms with Crippen LogP contribution >= 0.6 is 11.8 Å². The molecule has 0 bridgehead atoms. The highest BCUT2D eigenvalue weighted by molar-refractivity contribution is 7.99. The van der Waals surface area contributed by atoms with Gasteiger partial charge in [0.05, 0.1) is 0 Å². The van der Waals surface area contributed by atoms with Crippen molar-refractivity contribution in [2.45, 2.75) is 58.2 Å². The summed E-state index contributed by atoms with van der Waals surface area (Å²) in [6, 6.07) is 0.675. The Morgan fingerprint density at radius 3 is 2.46 bits per heavy atom. The number of thioether (sulfide) groups is 1. The van der Waals surface area contributed by atoms with E-state index in [1.54, 1.807) is 0 Å². The summed E-state index contributed by atoms with van der Waals surface area (Å²) in [6.07, 6.45) is 3.98. The summed E-state index contributed by atoms with van der Waals surface area (Å²) < 4.78 is 0. The van der Waals surface area contributed by atoms with Crippen LogP contribution in [0.15, 0.2) is 0 Å². The summed E-state index contributed by atoms with van der Waals surface area (Å²) >= 11 is 2.12. The third-order valence-corrected chi connectivity index (χ3v) is 3.42. The van der Waals surface area contributed by atoms with Crippen molar-refractivity contribution in [1.82, 2.24) is 5.32 Å². The average molecular weight is 203 g/mol. The van der Waals surface area contributed by atoms with Crippen LogP contribution < -0.4 is 5.32 Å². The molecule has 0 heterocycles. The molecule has 0 saturated carbocycles. The van der Waals surface area contributed by atoms with Crippen molar-refractivity contribution < 1.29 is 0 Å². The van der Waals surface area contributed by atoms with Gasteiger partial charge in [0, 0.05) is 11.3 Å². The number of nitrogens with one attached hydrogen (secondary N) is 1. The summed E-state index contributed by atoms with van der Waals surface area (Å²) in [4.78, 5) is 0. The number of rotatable bonds is 8. The Kier molecular flexibility index (Phi) is 9.10. The first-order valence-electron chi connectivity index (χ1n) is 5.55. The van der Waals surface area contributed by atoms with Crippen molar-refractivity contribution in [3.8, 4) is 0 Å². The molecule has 0 aromatic heterocycles. The fraction of sp³-hybridized carbons (Fsp3) is 1.00. The van der Waals surface area contributed by atoms with Gasteiger partial charge in [-0.2, -0.15) is 11.8 Å². The number of unbranched alkanes of at least 4 members (excludes halogenated alkanes) is 1. The smallest absolute Gasteiger partial charge is 0.00490 e. The van der Waals surface area contributed by atoms with Crippen LogP contribution in [0.1, 0.15) is 47.0 Å². The van der Waals surface area contributed by atoms with Gasteiger partial charge in [-0.25, -0.2) is 0 Å². The van der Waals surface area contributed by atoms with Gasteiger partial charge in [-0.3, -0.25) is 0 Å². The fourth-order valence-electron chi connectivity index (χ4n) is 1.43. The predicted molar refractivity (Wildman–Crippen MR) is 64.6 cm³/mol. The Balaban J connectivity index is 3.32. The lowest BCUT2D eigenvalue weighted by atomic mass is 10.2. The molecule has 0 saturated heterocycles. The van der Waals surface area contributed by atoms with E-state index >= 15 is 0 Å². The summed E-state index contributed by atoms with van der Waals surface area (Å²) in [5, 5.41) is 4.26. The SMILES string of the molecule is CCCCSC(C)CC(C)NCC. The Labute approximate surface area is 88.1 Å². The molecule has 0 aliphatic rings. The molecule has 2 heteroatoms. The molecule has 0 aliphatic carbocycles. The second-order valence-electron chi connectivity index (χ2n) is 3.73. The van der Waals surface area contributed by atoms with Crippen LogP contribution in [0.4, 0.5) is 0 Å². The van der Waals surface area contributed by atoms with Crippen molar-refractivity contribution in [3.63, 3.8) is 0 Å². The van der Waals surface area contributed by atoms with Crippen LogP contribution in [0.2, 0.25) is 0 Å². The van der Waals surface area contributed by atoms with Crippen molar-refractivity contribution >= 4 is 11.8 Å². The lowest BCUT2D eigenvalue weighted by Crippen LogP contribution is -2.28. The zero-order valence-corrected chi connectivity index (χ0v) is 10.4. The van der Waals surface area contributed by atoms with Gasteiger partial charge in [-0.15, -0.1) is 0 Å². The maximum atomic E-state index is 3.45. The quantitative estimate of drug-likeness (QED) is 0.608. The van der Waals surface area contributed by atoms with Gasteiger partial charge in [0.25, 0.3) is 0 Å². The van der Waals surface area contributed by atoms with Crippen LogP contribution in [-0.4, -0.2) is 23.6 Å². The third-order valence-electron chi connectivity index (χ3n) is 2.14. The molecule has 2 atom stereocenters. The Hall–Kier alpha value is 0.310. The Morgan fingerprint density at radius 1 is 1.23 bits per heavy atom. The number of hydrogen-bond donors (Lipinski definition) is 1. The van der Waals surface area contributed by atoms with Gasteiger partial charge in [0.15, 0.2) is 0 Å². The van der Waals surface area contributed by atoms with Gasteiger partial charge >= 0.3 is 0 Å². The molecule has 13 heavy (non-hydrogen) atoms. The number of hydrogen-bond acceptors (Lipinski definition) is 2. The van der Waals surface area contributed by atoms with Gasteiger partial charge < -0.3 is 5.32 Å². The van der Waals surface area contributed by atoms with Crippen molar-refractivity contribution in [3.05, 3.63) is 0 Å². The van der Waals surface area contributed by atoms with Gasteiger partial charge in [-0.1, -0.05) is 27.2 Å². The summed E-state index contributed by atoms with van der Waals surface area (Å²) in [6.45, 7) is 10.1. The van der Waals surface area contributed by atoms with E-state index in [-0.39, 0.29) is 0 Å². The molecule has 0 fully saturated rings. The highest BCUT2D eigenvalue weighted by Crippen LogP contribution is 2.17. The molecular formula is C11H25NS. The minimum atomic E-state index is 0.675. The average Bonchev–Trinajstić information content (AvgIpc) is 2.05. The van der Waals surface area contributed by atoms with E-state index in [0.717, 1.165) is 11.8 Å². The highest BCUT2D eigenvalue weighted by Gasteiger charge is 2.07. The maximum absolute atomic E-state index is 3.45. The van der Waals surface area contributed by atoms with Crippen molar-refractivity contribution in [2.24, 2.45) is 0 Å². The topological polar surface area (TPSA) is 12.0 Å². The molecule has 0 aromatic carbocycles. The molecule has 1 N–H and O–H groups in total. The molecular weight excluding hydrogens is 178 g/mol. The first-order chi connectivity index (χ1) is 6.20. The van der Waals surface area contributed by atoms with E-state index in [1.165, 1.54) is 25.0 Å². The van der Waals surface area contributed by atoms with Crippen LogP contribution in [0.3, 0.4) is 0 Å². The predicted octanol–water partition coefficient (Wildman–Crippen LogP) is 3.30. The Morgan fingerprint density at radius 2 is 1.92 bits per heavy atom. The van der Waals surface area contributed by atoms with E-state index in [9.17, 15) is 0 Å². The normalized spacial score (nSPS) is 15.7. The first kappa shape index (κ1) is 13.3. The standard InChI is InChI=1S/C11H25NS/c1-5-7-8-13-11(4)9-10(3)12-6-2/h10-12H,5-9H2,1-4H3. The van der Waals surface area contributed by atoms with Crippen LogP contribution in [0.5, 0.6) is 0 Å². The highest BCUT2D eigenvalue weighted by atomic mass is 32.2. The largest absolute Gasteiger partial charge is 0.314 e. The lowest BCUT2D eigenvalue weighted by Gasteiger charge is -2.17. The van der Waals surface area contributed by atoms with Crippen LogP contribution in [0, 0.1) is 0 Å². The van der Waals surface area contributed by atoms with Gasteiger partial charge in [0.2, 0.25) is 0 Å². The molecule has 0 amide bonds. The molecule has 0 aromatic rings.